The number of carbonyl (C=O) groups is 3. The Morgan fingerprint density at radius 1 is 1.10 bits per heavy atom. The van der Waals surface area contributed by atoms with Crippen LogP contribution in [0.1, 0.15) is 58.4 Å². The molecule has 9 heteroatoms. The topological polar surface area (TPSA) is 100 Å². The third-order valence-corrected chi connectivity index (χ3v) is 6.89. The van der Waals surface area contributed by atoms with Gasteiger partial charge in [-0.15, -0.1) is 6.58 Å². The highest BCUT2D eigenvalue weighted by atomic mass is 16.5. The van der Waals surface area contributed by atoms with E-state index in [1.165, 1.54) is 7.11 Å². The molecule has 1 aromatic carbocycles. The molecule has 0 aromatic heterocycles. The van der Waals surface area contributed by atoms with Gasteiger partial charge >= 0.3 is 0 Å². The first-order chi connectivity index (χ1) is 18.5. The zero-order valence-electron chi connectivity index (χ0n) is 24.5. The van der Waals surface area contributed by atoms with Crippen LogP contribution >= 0.6 is 0 Å². The maximum Gasteiger partial charge on any atom is 0.258 e. The first kappa shape index (κ1) is 32.1. The van der Waals surface area contributed by atoms with Gasteiger partial charge in [0, 0.05) is 33.1 Å². The molecule has 0 saturated heterocycles. The number of hydrogen-bond donors (Lipinski definition) is 2. The molecule has 39 heavy (non-hydrogen) atoms. The van der Waals surface area contributed by atoms with E-state index in [1.54, 1.807) is 31.0 Å². The largest absolute Gasteiger partial charge is 0.493 e. The van der Waals surface area contributed by atoms with Gasteiger partial charge in [0.15, 0.2) is 18.1 Å². The molecule has 0 fully saturated rings. The second kappa shape index (κ2) is 16.1. The molecule has 0 aliphatic carbocycles. The van der Waals surface area contributed by atoms with Gasteiger partial charge < -0.3 is 29.9 Å². The normalized spacial score (nSPS) is 20.1. The number of rotatable bonds is 5. The fraction of sp³-hybridized carbons (Fsp3) is 0.633. The van der Waals surface area contributed by atoms with E-state index < -0.39 is 11.9 Å². The van der Waals surface area contributed by atoms with E-state index in [4.69, 9.17) is 9.47 Å². The molecule has 0 unspecified atom stereocenters. The molecule has 2 N–H and O–H groups in total. The number of nitrogens with one attached hydrogen (secondary N) is 2. The van der Waals surface area contributed by atoms with Crippen LogP contribution in [0, 0.1) is 5.41 Å². The molecular formula is C30H48N4O5. The van der Waals surface area contributed by atoms with Crippen LogP contribution in [-0.2, 0) is 20.8 Å². The Hall–Kier alpha value is -3.07. The van der Waals surface area contributed by atoms with Crippen molar-refractivity contribution in [3.63, 3.8) is 0 Å². The average Bonchev–Trinajstić information content (AvgIpc) is 2.89. The standard InChI is InChI=1S/C30H48N4O5/c1-7-15-30(3,4)22-34-18-9-8-17-33(5)29(37)23(2)32-28(36)21-39-26-20-24(11-13-25(26)38-6)12-14-27(35)31-16-10-19-34/h7,11,13,20,23H,1,8-10,12,14-19,21-22H2,2-6H3,(H,31,35)(H,32,36)/t23-/m0/s1. The summed E-state index contributed by atoms with van der Waals surface area (Å²) in [6, 6.07) is 4.78. The summed E-state index contributed by atoms with van der Waals surface area (Å²) in [5.74, 6) is 0.397. The minimum atomic E-state index is -0.660. The fourth-order valence-electron chi connectivity index (χ4n) is 4.81. The van der Waals surface area contributed by atoms with Crippen molar-refractivity contribution in [2.75, 3.05) is 53.5 Å². The van der Waals surface area contributed by atoms with E-state index in [2.05, 4.69) is 36.0 Å². The van der Waals surface area contributed by atoms with Gasteiger partial charge in [0.1, 0.15) is 6.04 Å². The molecule has 0 saturated carbocycles. The van der Waals surface area contributed by atoms with Crippen LogP contribution in [0.4, 0.5) is 0 Å². The number of allylic oxidation sites excluding steroid dienone is 1. The lowest BCUT2D eigenvalue weighted by Crippen LogP contribution is -2.47. The summed E-state index contributed by atoms with van der Waals surface area (Å²) in [6.45, 7) is 13.8. The van der Waals surface area contributed by atoms with E-state index in [-0.39, 0.29) is 23.8 Å². The van der Waals surface area contributed by atoms with E-state index in [9.17, 15) is 14.4 Å². The number of likely N-dealkylation sites (N-methyl/N-ethyl adjacent to an activating group) is 1. The number of methoxy groups -OCH3 is 1. The molecule has 1 aliphatic rings. The summed E-state index contributed by atoms with van der Waals surface area (Å²) >= 11 is 0. The highest BCUT2D eigenvalue weighted by Crippen LogP contribution is 2.28. The van der Waals surface area contributed by atoms with Crippen LogP contribution < -0.4 is 20.1 Å². The molecule has 1 heterocycles. The quantitative estimate of drug-likeness (QED) is 0.553. The molecule has 218 valence electrons. The second-order valence-corrected chi connectivity index (χ2v) is 11.2. The Morgan fingerprint density at radius 2 is 1.82 bits per heavy atom. The Morgan fingerprint density at radius 3 is 2.54 bits per heavy atom. The first-order valence-electron chi connectivity index (χ1n) is 14.0. The Balaban J connectivity index is 2.12. The van der Waals surface area contributed by atoms with Crippen LogP contribution in [0.5, 0.6) is 11.5 Å². The minimum absolute atomic E-state index is 0.00929. The van der Waals surface area contributed by atoms with Gasteiger partial charge in [-0.2, -0.15) is 0 Å². The number of aryl methyl sites for hydroxylation is 1. The maximum atomic E-state index is 12.8. The van der Waals surface area contributed by atoms with Crippen LogP contribution in [0.25, 0.3) is 0 Å². The highest BCUT2D eigenvalue weighted by Gasteiger charge is 2.22. The molecular weight excluding hydrogens is 496 g/mol. The van der Waals surface area contributed by atoms with Crippen molar-refractivity contribution in [2.45, 2.75) is 65.3 Å². The van der Waals surface area contributed by atoms with E-state index in [1.807, 2.05) is 12.1 Å². The number of nitrogens with zero attached hydrogens (tertiary/aromatic N) is 2. The zero-order valence-corrected chi connectivity index (χ0v) is 24.5. The first-order valence-corrected chi connectivity index (χ1v) is 14.0. The van der Waals surface area contributed by atoms with Gasteiger partial charge in [0.05, 0.1) is 7.11 Å². The van der Waals surface area contributed by atoms with E-state index in [0.717, 1.165) is 50.9 Å². The van der Waals surface area contributed by atoms with Gasteiger partial charge in [-0.05, 0) is 75.2 Å². The van der Waals surface area contributed by atoms with Crippen molar-refractivity contribution in [1.82, 2.24) is 20.4 Å². The third-order valence-electron chi connectivity index (χ3n) is 6.89. The van der Waals surface area contributed by atoms with Gasteiger partial charge in [-0.3, -0.25) is 14.4 Å². The summed E-state index contributed by atoms with van der Waals surface area (Å²) in [5, 5.41) is 5.77. The molecule has 2 rings (SSSR count). The minimum Gasteiger partial charge on any atom is -0.493 e. The average molecular weight is 545 g/mol. The molecule has 1 aliphatic heterocycles. The molecule has 1 atom stereocenters. The number of hydrogen-bond acceptors (Lipinski definition) is 6. The smallest absolute Gasteiger partial charge is 0.258 e. The summed E-state index contributed by atoms with van der Waals surface area (Å²) in [6.07, 6.45) is 6.47. The lowest BCUT2D eigenvalue weighted by Gasteiger charge is -2.32. The summed E-state index contributed by atoms with van der Waals surface area (Å²) < 4.78 is 11.1. The van der Waals surface area contributed by atoms with E-state index in [0.29, 0.717) is 37.4 Å². The summed E-state index contributed by atoms with van der Waals surface area (Å²) in [5.41, 5.74) is 1.02. The predicted molar refractivity (Wildman–Crippen MR) is 154 cm³/mol. The number of carbonyl (C=O) groups excluding carboxylic acids is 3. The molecule has 3 amide bonds. The van der Waals surface area contributed by atoms with Crippen molar-refractivity contribution in [1.29, 1.82) is 0 Å². The Labute approximate surface area is 234 Å². The van der Waals surface area contributed by atoms with Gasteiger partial charge in [0.2, 0.25) is 11.8 Å². The van der Waals surface area contributed by atoms with Crippen LogP contribution in [-0.4, -0.2) is 87.1 Å². The molecule has 1 aromatic rings. The Bertz CT molecular complexity index is 965. The summed E-state index contributed by atoms with van der Waals surface area (Å²) in [4.78, 5) is 42.0. The summed E-state index contributed by atoms with van der Waals surface area (Å²) in [7, 11) is 3.30. The second-order valence-electron chi connectivity index (χ2n) is 11.2. The highest BCUT2D eigenvalue weighted by molar-refractivity contribution is 5.87. The zero-order chi connectivity index (χ0) is 28.8. The van der Waals surface area contributed by atoms with Crippen molar-refractivity contribution >= 4 is 17.7 Å². The third kappa shape index (κ3) is 11.7. The number of benzene rings is 1. The van der Waals surface area contributed by atoms with Crippen LogP contribution in [0.2, 0.25) is 0 Å². The lowest BCUT2D eigenvalue weighted by atomic mass is 9.88. The van der Waals surface area contributed by atoms with E-state index >= 15 is 0 Å². The lowest BCUT2D eigenvalue weighted by molar-refractivity contribution is -0.135. The predicted octanol–water partition coefficient (Wildman–Crippen LogP) is 3.17. The number of amides is 3. The van der Waals surface area contributed by atoms with Crippen molar-refractivity contribution in [2.24, 2.45) is 5.41 Å². The SMILES string of the molecule is C=CCC(C)(C)CN1CCCCN(C)C(=O)[C@H](C)NC(=O)COc2cc(ccc2OC)CCC(=O)NCCC1. The number of fused-ring (bicyclic) bond motifs is 2. The number of ether oxygens (including phenoxy) is 2. The van der Waals surface area contributed by atoms with Gasteiger partial charge in [0.25, 0.3) is 5.91 Å². The Kier molecular flexibility index (Phi) is 13.3. The monoisotopic (exact) mass is 544 g/mol. The van der Waals surface area contributed by atoms with Crippen molar-refractivity contribution in [3.8, 4) is 11.5 Å². The van der Waals surface area contributed by atoms with Crippen molar-refractivity contribution < 1.29 is 23.9 Å². The van der Waals surface area contributed by atoms with Gasteiger partial charge in [-0.25, -0.2) is 0 Å². The molecule has 2 bridgehead atoms. The molecule has 0 spiro atoms. The fourth-order valence-corrected chi connectivity index (χ4v) is 4.81. The molecule has 0 radical (unpaired) electrons. The van der Waals surface area contributed by atoms with Crippen LogP contribution in [0.3, 0.4) is 0 Å². The van der Waals surface area contributed by atoms with Crippen LogP contribution in [0.15, 0.2) is 30.9 Å². The maximum absolute atomic E-state index is 12.8. The molecule has 9 nitrogen and oxygen atoms in total. The van der Waals surface area contributed by atoms with Crippen molar-refractivity contribution in [3.05, 3.63) is 36.4 Å². The van der Waals surface area contributed by atoms with Gasteiger partial charge in [-0.1, -0.05) is 26.0 Å².